The molecule has 1 aromatic rings. The molecule has 3 rings (SSSR count). The van der Waals surface area contributed by atoms with Gasteiger partial charge in [0.25, 0.3) is 0 Å². The van der Waals surface area contributed by atoms with Gasteiger partial charge in [-0.15, -0.1) is 0 Å². The predicted octanol–water partition coefficient (Wildman–Crippen LogP) is 5.08. The second kappa shape index (κ2) is 6.02. The van der Waals surface area contributed by atoms with Gasteiger partial charge in [-0.3, -0.25) is 0 Å². The molecule has 2 saturated carbocycles. The third-order valence-corrected chi connectivity index (χ3v) is 5.63. The zero-order chi connectivity index (χ0) is 14.9. The van der Waals surface area contributed by atoms with Crippen molar-refractivity contribution in [3.05, 3.63) is 11.9 Å². The number of rotatable bonds is 3. The molecule has 21 heavy (non-hydrogen) atoms. The predicted molar refractivity (Wildman–Crippen MR) is 88.7 cm³/mol. The molecule has 0 aliphatic heterocycles. The van der Waals surface area contributed by atoms with Crippen molar-refractivity contribution >= 4 is 5.95 Å². The van der Waals surface area contributed by atoms with Crippen molar-refractivity contribution in [2.45, 2.75) is 90.6 Å². The molecule has 1 atom stereocenters. The van der Waals surface area contributed by atoms with E-state index in [-0.39, 0.29) is 0 Å². The van der Waals surface area contributed by atoms with Crippen LogP contribution in [-0.4, -0.2) is 15.6 Å². The molecule has 0 radical (unpaired) electrons. The summed E-state index contributed by atoms with van der Waals surface area (Å²) in [5.74, 6) is 1.12. The minimum atomic E-state index is 0.384. The summed E-state index contributed by atoms with van der Waals surface area (Å²) in [7, 11) is 0. The highest BCUT2D eigenvalue weighted by molar-refractivity contribution is 5.32. The van der Waals surface area contributed by atoms with E-state index >= 15 is 0 Å². The molecule has 3 heteroatoms. The quantitative estimate of drug-likeness (QED) is 0.841. The maximum atomic E-state index is 4.80. The average Bonchev–Trinajstić information content (AvgIpc) is 2.83. The minimum Gasteiger partial charge on any atom is -0.352 e. The van der Waals surface area contributed by atoms with Gasteiger partial charge < -0.3 is 9.88 Å². The van der Waals surface area contributed by atoms with Crippen molar-refractivity contribution in [2.75, 3.05) is 5.32 Å². The highest BCUT2D eigenvalue weighted by atomic mass is 15.2. The van der Waals surface area contributed by atoms with Crippen LogP contribution in [0, 0.1) is 12.3 Å². The van der Waals surface area contributed by atoms with Crippen LogP contribution in [0.4, 0.5) is 5.95 Å². The number of hydrogen-bond donors (Lipinski definition) is 1. The summed E-state index contributed by atoms with van der Waals surface area (Å²) in [6.07, 6.45) is 14.4. The third kappa shape index (κ3) is 3.27. The van der Waals surface area contributed by atoms with Crippen molar-refractivity contribution in [2.24, 2.45) is 5.41 Å². The molecule has 0 spiro atoms. The molecule has 1 unspecified atom stereocenters. The highest BCUT2D eigenvalue weighted by Gasteiger charge is 2.33. The normalized spacial score (nSPS) is 26.7. The lowest BCUT2D eigenvalue weighted by Crippen LogP contribution is -2.39. The van der Waals surface area contributed by atoms with Crippen molar-refractivity contribution in [1.82, 2.24) is 9.55 Å². The van der Waals surface area contributed by atoms with Crippen LogP contribution in [0.1, 0.15) is 83.4 Å². The molecular formula is C18H31N3. The Morgan fingerprint density at radius 2 is 1.81 bits per heavy atom. The van der Waals surface area contributed by atoms with Gasteiger partial charge in [0.1, 0.15) is 0 Å². The molecule has 0 bridgehead atoms. The lowest BCUT2D eigenvalue weighted by Gasteiger charge is -2.39. The molecule has 2 aliphatic carbocycles. The third-order valence-electron chi connectivity index (χ3n) is 5.63. The van der Waals surface area contributed by atoms with Gasteiger partial charge in [0.05, 0.1) is 5.69 Å². The Bertz CT molecular complexity index is 469. The number of aromatic nitrogens is 2. The Morgan fingerprint density at radius 3 is 2.52 bits per heavy atom. The zero-order valence-electron chi connectivity index (χ0n) is 14.0. The van der Waals surface area contributed by atoms with Crippen molar-refractivity contribution < 1.29 is 0 Å². The lowest BCUT2D eigenvalue weighted by molar-refractivity contribution is 0.215. The summed E-state index contributed by atoms with van der Waals surface area (Å²) >= 11 is 0. The molecular weight excluding hydrogens is 258 g/mol. The Balaban J connectivity index is 1.78. The van der Waals surface area contributed by atoms with Gasteiger partial charge in [-0.05, 0) is 38.0 Å². The summed E-state index contributed by atoms with van der Waals surface area (Å²) in [6.45, 7) is 6.94. The summed E-state index contributed by atoms with van der Waals surface area (Å²) in [5, 5.41) is 3.81. The van der Waals surface area contributed by atoms with Crippen LogP contribution in [0.15, 0.2) is 6.20 Å². The van der Waals surface area contributed by atoms with E-state index in [4.69, 9.17) is 4.98 Å². The van der Waals surface area contributed by atoms with E-state index in [1.54, 1.807) is 0 Å². The number of imidazole rings is 1. The Hall–Kier alpha value is -0.990. The fraction of sp³-hybridized carbons (Fsp3) is 0.833. The highest BCUT2D eigenvalue weighted by Crippen LogP contribution is 2.38. The molecule has 1 N–H and O–H groups in total. The first kappa shape index (κ1) is 14.9. The Labute approximate surface area is 129 Å². The van der Waals surface area contributed by atoms with Crippen molar-refractivity contribution in [3.8, 4) is 0 Å². The zero-order valence-corrected chi connectivity index (χ0v) is 14.0. The number of anilines is 1. The van der Waals surface area contributed by atoms with E-state index in [2.05, 4.69) is 36.9 Å². The first-order chi connectivity index (χ1) is 10.1. The van der Waals surface area contributed by atoms with Gasteiger partial charge in [-0.2, -0.15) is 0 Å². The maximum absolute atomic E-state index is 4.80. The molecule has 0 saturated heterocycles. The van der Waals surface area contributed by atoms with E-state index in [1.807, 2.05) is 0 Å². The number of nitrogens with zero attached hydrogens (tertiary/aromatic N) is 2. The van der Waals surface area contributed by atoms with Crippen LogP contribution in [-0.2, 0) is 0 Å². The number of hydrogen-bond acceptors (Lipinski definition) is 2. The second-order valence-corrected chi connectivity index (χ2v) is 7.84. The fourth-order valence-electron chi connectivity index (χ4n) is 4.18. The molecule has 118 valence electrons. The number of aryl methyl sites for hydroxylation is 1. The van der Waals surface area contributed by atoms with Crippen LogP contribution in [0.5, 0.6) is 0 Å². The molecule has 3 nitrogen and oxygen atoms in total. The van der Waals surface area contributed by atoms with Crippen LogP contribution in [0.3, 0.4) is 0 Å². The summed E-state index contributed by atoms with van der Waals surface area (Å²) in [6, 6.07) is 1.23. The van der Waals surface area contributed by atoms with Gasteiger partial charge in [-0.1, -0.05) is 46.0 Å². The van der Waals surface area contributed by atoms with Crippen LogP contribution in [0.25, 0.3) is 0 Å². The molecule has 0 amide bonds. The average molecular weight is 289 g/mol. The Kier molecular flexibility index (Phi) is 4.28. The smallest absolute Gasteiger partial charge is 0.203 e. The molecule has 1 aromatic heterocycles. The van der Waals surface area contributed by atoms with Gasteiger partial charge >= 0.3 is 0 Å². The standard InChI is InChI=1S/C18H31N3/c1-14-13-21(15-9-5-4-6-10-15)17(19-14)20-16-11-7-8-12-18(16,2)3/h13,15-16H,4-12H2,1-3H3,(H,19,20). The van der Waals surface area contributed by atoms with Crippen molar-refractivity contribution in [1.29, 1.82) is 0 Å². The molecule has 1 heterocycles. The van der Waals surface area contributed by atoms with Crippen LogP contribution < -0.4 is 5.32 Å². The van der Waals surface area contributed by atoms with Gasteiger partial charge in [0.2, 0.25) is 5.95 Å². The van der Waals surface area contributed by atoms with Gasteiger partial charge in [0.15, 0.2) is 0 Å². The molecule has 0 aromatic carbocycles. The van der Waals surface area contributed by atoms with Crippen LogP contribution >= 0.6 is 0 Å². The molecule has 2 fully saturated rings. The first-order valence-electron chi connectivity index (χ1n) is 8.88. The van der Waals surface area contributed by atoms with E-state index in [0.29, 0.717) is 17.5 Å². The topological polar surface area (TPSA) is 29.9 Å². The maximum Gasteiger partial charge on any atom is 0.203 e. The van der Waals surface area contributed by atoms with E-state index in [9.17, 15) is 0 Å². The molecule has 2 aliphatic rings. The summed E-state index contributed by atoms with van der Waals surface area (Å²) < 4.78 is 2.44. The van der Waals surface area contributed by atoms with Gasteiger partial charge in [0, 0.05) is 18.3 Å². The Morgan fingerprint density at radius 1 is 1.10 bits per heavy atom. The second-order valence-electron chi connectivity index (χ2n) is 7.84. The monoisotopic (exact) mass is 289 g/mol. The van der Waals surface area contributed by atoms with Gasteiger partial charge in [-0.25, -0.2) is 4.98 Å². The van der Waals surface area contributed by atoms with E-state index < -0.39 is 0 Å². The van der Waals surface area contributed by atoms with E-state index in [0.717, 1.165) is 11.6 Å². The van der Waals surface area contributed by atoms with Crippen LogP contribution in [0.2, 0.25) is 0 Å². The SMILES string of the molecule is Cc1cn(C2CCCCC2)c(NC2CCCCC2(C)C)n1. The summed E-state index contributed by atoms with van der Waals surface area (Å²) in [4.78, 5) is 4.80. The number of nitrogens with one attached hydrogen (secondary N) is 1. The minimum absolute atomic E-state index is 0.384. The van der Waals surface area contributed by atoms with Crippen molar-refractivity contribution in [3.63, 3.8) is 0 Å². The lowest BCUT2D eigenvalue weighted by atomic mass is 9.73. The fourth-order valence-corrected chi connectivity index (χ4v) is 4.18. The first-order valence-corrected chi connectivity index (χ1v) is 8.88. The largest absolute Gasteiger partial charge is 0.352 e. The van der Waals surface area contributed by atoms with E-state index in [1.165, 1.54) is 57.8 Å². The summed E-state index contributed by atoms with van der Waals surface area (Å²) in [5.41, 5.74) is 1.53.